The van der Waals surface area contributed by atoms with Crippen LogP contribution in [0.2, 0.25) is 6.55 Å². The maximum absolute atomic E-state index is 5.53. The molecule has 0 N–H and O–H groups in total. The van der Waals surface area contributed by atoms with Crippen LogP contribution in [0.1, 0.15) is 6.92 Å². The summed E-state index contributed by atoms with van der Waals surface area (Å²) in [6, 6.07) is 0. The number of hydrogen-bond donors (Lipinski definition) is 0. The predicted octanol–water partition coefficient (Wildman–Crippen LogP) is 0.329. The molecule has 1 aliphatic rings. The Morgan fingerprint density at radius 2 is 2.36 bits per heavy atom. The van der Waals surface area contributed by atoms with E-state index in [1.165, 1.54) is 0 Å². The molecule has 3 unspecified atom stereocenters. The van der Waals surface area contributed by atoms with E-state index in [4.69, 9.17) is 13.9 Å². The van der Waals surface area contributed by atoms with Gasteiger partial charge in [0.15, 0.2) is 0 Å². The van der Waals surface area contributed by atoms with Crippen LogP contribution >= 0.6 is 0 Å². The third-order valence-corrected chi connectivity index (χ3v) is 4.24. The second-order valence-corrected chi connectivity index (χ2v) is 5.76. The highest BCUT2D eigenvalue weighted by atomic mass is 28.3. The van der Waals surface area contributed by atoms with Gasteiger partial charge in [0, 0.05) is 7.11 Å². The van der Waals surface area contributed by atoms with Crippen molar-refractivity contribution in [2.75, 3.05) is 20.3 Å². The molecule has 11 heavy (non-hydrogen) atoms. The van der Waals surface area contributed by atoms with Crippen LogP contribution in [0.25, 0.3) is 0 Å². The Balaban J connectivity index is 2.03. The molecule has 0 amide bonds. The molecular formula is C7H16O3Si. The Kier molecular flexibility index (Phi) is 3.51. The maximum Gasteiger partial charge on any atom is 0.201 e. The number of hydrogen-bond acceptors (Lipinski definition) is 3. The van der Waals surface area contributed by atoms with Crippen LogP contribution in [0.5, 0.6) is 0 Å². The smallest absolute Gasteiger partial charge is 0.201 e. The zero-order chi connectivity index (χ0) is 8.27. The minimum Gasteiger partial charge on any atom is -0.421 e. The van der Waals surface area contributed by atoms with E-state index in [1.54, 1.807) is 7.11 Å². The van der Waals surface area contributed by atoms with Gasteiger partial charge in [-0.3, -0.25) is 0 Å². The molecule has 0 bridgehead atoms. The third kappa shape index (κ3) is 3.33. The summed E-state index contributed by atoms with van der Waals surface area (Å²) in [7, 11) is 0.670. The molecule has 4 heteroatoms. The van der Waals surface area contributed by atoms with Gasteiger partial charge in [0.05, 0.1) is 18.9 Å². The maximum atomic E-state index is 5.53. The number of rotatable bonds is 5. The molecule has 1 rings (SSSR count). The van der Waals surface area contributed by atoms with Crippen molar-refractivity contribution >= 4 is 9.04 Å². The lowest BCUT2D eigenvalue weighted by Gasteiger charge is -2.16. The van der Waals surface area contributed by atoms with Crippen molar-refractivity contribution in [3.05, 3.63) is 0 Å². The molecule has 0 aromatic heterocycles. The standard InChI is InChI=1S/C7H16O3Si/c1-6(11(3)8-2)9-4-7-5-10-7/h6-7,11H,4-5H2,1-3H3. The van der Waals surface area contributed by atoms with Gasteiger partial charge in [-0.15, -0.1) is 0 Å². The molecule has 0 radical (unpaired) electrons. The van der Waals surface area contributed by atoms with Gasteiger partial charge in [-0.05, 0) is 13.5 Å². The second-order valence-electron chi connectivity index (χ2n) is 2.93. The first-order valence-electron chi connectivity index (χ1n) is 4.00. The molecule has 0 saturated carbocycles. The molecule has 3 atom stereocenters. The predicted molar refractivity (Wildman–Crippen MR) is 45.2 cm³/mol. The van der Waals surface area contributed by atoms with Crippen molar-refractivity contribution in [2.24, 2.45) is 0 Å². The highest BCUT2D eigenvalue weighted by Crippen LogP contribution is 2.10. The molecule has 1 saturated heterocycles. The van der Waals surface area contributed by atoms with E-state index in [9.17, 15) is 0 Å². The van der Waals surface area contributed by atoms with Gasteiger partial charge in [-0.2, -0.15) is 0 Å². The van der Waals surface area contributed by atoms with E-state index in [-0.39, 0.29) is 0 Å². The first-order valence-corrected chi connectivity index (χ1v) is 6.29. The van der Waals surface area contributed by atoms with Gasteiger partial charge in [0.2, 0.25) is 9.04 Å². The molecule has 0 aromatic rings. The summed E-state index contributed by atoms with van der Waals surface area (Å²) < 4.78 is 15.8. The van der Waals surface area contributed by atoms with Crippen molar-refractivity contribution < 1.29 is 13.9 Å². The molecular weight excluding hydrogens is 160 g/mol. The van der Waals surface area contributed by atoms with E-state index in [1.807, 2.05) is 0 Å². The van der Waals surface area contributed by atoms with Crippen LogP contribution in [-0.2, 0) is 13.9 Å². The van der Waals surface area contributed by atoms with E-state index < -0.39 is 9.04 Å². The lowest BCUT2D eigenvalue weighted by molar-refractivity contribution is 0.0883. The van der Waals surface area contributed by atoms with Gasteiger partial charge in [0.25, 0.3) is 0 Å². The highest BCUT2D eigenvalue weighted by molar-refractivity contribution is 6.51. The van der Waals surface area contributed by atoms with Crippen LogP contribution < -0.4 is 0 Å². The Bertz CT molecular complexity index is 116. The van der Waals surface area contributed by atoms with Crippen molar-refractivity contribution in [3.8, 4) is 0 Å². The Morgan fingerprint density at radius 1 is 1.73 bits per heavy atom. The summed E-state index contributed by atoms with van der Waals surface area (Å²) in [5, 5.41) is 0. The van der Waals surface area contributed by atoms with Crippen molar-refractivity contribution in [1.29, 1.82) is 0 Å². The summed E-state index contributed by atoms with van der Waals surface area (Å²) in [6.07, 6.45) is 0.371. The van der Waals surface area contributed by atoms with E-state index in [2.05, 4.69) is 13.5 Å². The van der Waals surface area contributed by atoms with Crippen LogP contribution in [0, 0.1) is 0 Å². The zero-order valence-corrected chi connectivity index (χ0v) is 8.53. The monoisotopic (exact) mass is 176 g/mol. The molecule has 1 fully saturated rings. The summed E-state index contributed by atoms with van der Waals surface area (Å²) in [5.74, 6) is 0. The lowest BCUT2D eigenvalue weighted by Crippen LogP contribution is -2.30. The lowest BCUT2D eigenvalue weighted by atomic mass is 10.5. The fourth-order valence-electron chi connectivity index (χ4n) is 0.751. The van der Waals surface area contributed by atoms with Gasteiger partial charge in [-0.25, -0.2) is 0 Å². The van der Waals surface area contributed by atoms with Gasteiger partial charge in [-0.1, -0.05) is 0 Å². The topological polar surface area (TPSA) is 31.0 Å². The second kappa shape index (κ2) is 4.20. The minimum atomic E-state index is -1.08. The van der Waals surface area contributed by atoms with Crippen molar-refractivity contribution in [2.45, 2.75) is 25.3 Å². The number of ether oxygens (including phenoxy) is 2. The molecule has 0 aromatic carbocycles. The van der Waals surface area contributed by atoms with E-state index >= 15 is 0 Å². The first kappa shape index (κ1) is 9.19. The highest BCUT2D eigenvalue weighted by Gasteiger charge is 2.24. The fourth-order valence-corrected chi connectivity index (χ4v) is 1.52. The molecule has 66 valence electrons. The third-order valence-electron chi connectivity index (χ3n) is 1.98. The summed E-state index contributed by atoms with van der Waals surface area (Å²) in [5.41, 5.74) is 0.296. The fraction of sp³-hybridized carbons (Fsp3) is 1.00. The quantitative estimate of drug-likeness (QED) is 0.447. The van der Waals surface area contributed by atoms with Gasteiger partial charge >= 0.3 is 0 Å². The number of epoxide rings is 1. The van der Waals surface area contributed by atoms with Crippen molar-refractivity contribution in [3.63, 3.8) is 0 Å². The average Bonchev–Trinajstić information content (AvgIpc) is 2.81. The Hall–Kier alpha value is 0.0969. The normalized spacial score (nSPS) is 28.1. The SMILES string of the molecule is CO[SiH](C)C(C)OCC1CO1. The van der Waals surface area contributed by atoms with E-state index in [0.29, 0.717) is 11.8 Å². The first-order chi connectivity index (χ1) is 5.24. The molecule has 3 nitrogen and oxygen atoms in total. The van der Waals surface area contributed by atoms with Crippen LogP contribution in [0.15, 0.2) is 0 Å². The summed E-state index contributed by atoms with van der Waals surface area (Å²) in [4.78, 5) is 0. The Morgan fingerprint density at radius 3 is 2.82 bits per heavy atom. The molecule has 0 aliphatic carbocycles. The van der Waals surface area contributed by atoms with Crippen LogP contribution in [0.3, 0.4) is 0 Å². The minimum absolute atomic E-state index is 0.296. The molecule has 1 heterocycles. The summed E-state index contributed by atoms with van der Waals surface area (Å²) in [6.45, 7) is 5.82. The summed E-state index contributed by atoms with van der Waals surface area (Å²) >= 11 is 0. The molecule has 1 aliphatic heterocycles. The van der Waals surface area contributed by atoms with Gasteiger partial charge in [0.1, 0.15) is 6.10 Å². The van der Waals surface area contributed by atoms with Crippen LogP contribution in [-0.4, -0.2) is 41.2 Å². The average molecular weight is 176 g/mol. The van der Waals surface area contributed by atoms with E-state index in [0.717, 1.165) is 13.2 Å². The Labute approximate surface area is 69.4 Å². The van der Waals surface area contributed by atoms with Crippen molar-refractivity contribution in [1.82, 2.24) is 0 Å². The largest absolute Gasteiger partial charge is 0.421 e. The molecule has 0 spiro atoms. The zero-order valence-electron chi connectivity index (χ0n) is 7.37. The van der Waals surface area contributed by atoms with Crippen LogP contribution in [0.4, 0.5) is 0 Å². The van der Waals surface area contributed by atoms with Gasteiger partial charge < -0.3 is 13.9 Å².